The van der Waals surface area contributed by atoms with E-state index in [9.17, 15) is 9.59 Å². The number of rotatable bonds is 1. The maximum Gasteiger partial charge on any atom is 0.256 e. The van der Waals surface area contributed by atoms with Crippen molar-refractivity contribution in [2.24, 2.45) is 0 Å². The second-order valence-electron chi connectivity index (χ2n) is 4.74. The van der Waals surface area contributed by atoms with Gasteiger partial charge in [-0.1, -0.05) is 12.1 Å². The maximum absolute atomic E-state index is 12.4. The minimum Gasteiger partial charge on any atom is -0.398 e. The molecule has 5 nitrogen and oxygen atoms in total. The van der Waals surface area contributed by atoms with Crippen LogP contribution in [0.2, 0.25) is 0 Å². The van der Waals surface area contributed by atoms with E-state index in [1.807, 2.05) is 12.1 Å². The number of nitrogen functional groups attached to an aromatic ring is 1. The lowest BCUT2D eigenvalue weighted by molar-refractivity contribution is -0.128. The van der Waals surface area contributed by atoms with Gasteiger partial charge < -0.3 is 15.5 Å². The zero-order valence-corrected chi connectivity index (χ0v) is 12.4. The molecule has 1 aromatic rings. The van der Waals surface area contributed by atoms with E-state index in [2.05, 4.69) is 0 Å². The smallest absolute Gasteiger partial charge is 0.256 e. The average Bonchev–Trinajstić information content (AvgIpc) is 2.64. The summed E-state index contributed by atoms with van der Waals surface area (Å²) in [6.07, 6.45) is 0.804. The molecular formula is C14H20ClN3O2. The summed E-state index contributed by atoms with van der Waals surface area (Å²) in [5.41, 5.74) is 6.87. The highest BCUT2D eigenvalue weighted by atomic mass is 35.5. The Balaban J connectivity index is 0.00000200. The van der Waals surface area contributed by atoms with Crippen LogP contribution in [0.15, 0.2) is 24.3 Å². The second kappa shape index (κ2) is 7.14. The second-order valence-corrected chi connectivity index (χ2v) is 4.74. The van der Waals surface area contributed by atoms with E-state index in [1.54, 1.807) is 28.9 Å². The Morgan fingerprint density at radius 3 is 2.30 bits per heavy atom. The quantitative estimate of drug-likeness (QED) is 0.797. The monoisotopic (exact) mass is 297 g/mol. The van der Waals surface area contributed by atoms with Crippen LogP contribution in [0.25, 0.3) is 0 Å². The van der Waals surface area contributed by atoms with Crippen molar-refractivity contribution in [3.05, 3.63) is 29.8 Å². The number of benzene rings is 1. The van der Waals surface area contributed by atoms with E-state index in [0.717, 1.165) is 6.42 Å². The van der Waals surface area contributed by atoms with Gasteiger partial charge in [-0.15, -0.1) is 12.4 Å². The van der Waals surface area contributed by atoms with Crippen LogP contribution in [-0.2, 0) is 4.79 Å². The van der Waals surface area contributed by atoms with Crippen LogP contribution in [0.3, 0.4) is 0 Å². The molecule has 6 heteroatoms. The van der Waals surface area contributed by atoms with Crippen molar-refractivity contribution in [1.29, 1.82) is 0 Å². The lowest BCUT2D eigenvalue weighted by Crippen LogP contribution is -2.36. The molecule has 0 saturated carbocycles. The molecule has 1 saturated heterocycles. The summed E-state index contributed by atoms with van der Waals surface area (Å²) in [4.78, 5) is 27.3. The first kappa shape index (κ1) is 16.3. The van der Waals surface area contributed by atoms with Gasteiger partial charge in [0.15, 0.2) is 0 Å². The number of halogens is 1. The number of carbonyl (C=O) groups excluding carboxylic acids is 2. The number of nitrogens with two attached hydrogens (primary N) is 1. The first-order chi connectivity index (χ1) is 9.09. The van der Waals surface area contributed by atoms with Crippen LogP contribution in [0.5, 0.6) is 0 Å². The van der Waals surface area contributed by atoms with E-state index in [1.165, 1.54) is 0 Å². The number of hydrogen-bond acceptors (Lipinski definition) is 3. The van der Waals surface area contributed by atoms with Gasteiger partial charge in [0.25, 0.3) is 5.91 Å². The summed E-state index contributed by atoms with van der Waals surface area (Å²) in [5, 5.41) is 0. The van der Waals surface area contributed by atoms with E-state index in [4.69, 9.17) is 5.73 Å². The van der Waals surface area contributed by atoms with Gasteiger partial charge in [-0.25, -0.2) is 0 Å². The third kappa shape index (κ3) is 3.63. The van der Waals surface area contributed by atoms with Crippen molar-refractivity contribution in [3.63, 3.8) is 0 Å². The zero-order chi connectivity index (χ0) is 13.8. The molecule has 1 aromatic carbocycles. The molecule has 2 rings (SSSR count). The van der Waals surface area contributed by atoms with Crippen LogP contribution in [0.4, 0.5) is 5.69 Å². The summed E-state index contributed by atoms with van der Waals surface area (Å²) in [6.45, 7) is 4.09. The summed E-state index contributed by atoms with van der Waals surface area (Å²) < 4.78 is 0. The largest absolute Gasteiger partial charge is 0.398 e. The zero-order valence-electron chi connectivity index (χ0n) is 11.5. The maximum atomic E-state index is 12.4. The standard InChI is InChI=1S/C14H19N3O2.ClH/c1-11(18)16-7-4-8-17(10-9-16)14(19)12-5-2-3-6-13(12)15;/h2-3,5-6H,4,7-10,15H2,1H3;1H. The van der Waals surface area contributed by atoms with Crippen molar-refractivity contribution in [2.45, 2.75) is 13.3 Å². The first-order valence-electron chi connectivity index (χ1n) is 6.49. The summed E-state index contributed by atoms with van der Waals surface area (Å²) in [7, 11) is 0. The van der Waals surface area contributed by atoms with Crippen molar-refractivity contribution < 1.29 is 9.59 Å². The normalized spacial score (nSPS) is 15.2. The summed E-state index contributed by atoms with van der Waals surface area (Å²) >= 11 is 0. The van der Waals surface area contributed by atoms with Crippen molar-refractivity contribution in [1.82, 2.24) is 9.80 Å². The third-order valence-electron chi connectivity index (χ3n) is 3.42. The van der Waals surface area contributed by atoms with Gasteiger partial charge in [0, 0.05) is 38.8 Å². The van der Waals surface area contributed by atoms with Gasteiger partial charge in [-0.05, 0) is 18.6 Å². The van der Waals surface area contributed by atoms with E-state index >= 15 is 0 Å². The van der Waals surface area contributed by atoms with Gasteiger partial charge in [0.2, 0.25) is 5.91 Å². The number of anilines is 1. The Hall–Kier alpha value is -1.75. The molecule has 2 N–H and O–H groups in total. The van der Waals surface area contributed by atoms with Crippen LogP contribution in [0, 0.1) is 0 Å². The van der Waals surface area contributed by atoms with E-state index < -0.39 is 0 Å². The van der Waals surface area contributed by atoms with Gasteiger partial charge in [-0.2, -0.15) is 0 Å². The molecule has 1 aliphatic rings. The SMILES string of the molecule is CC(=O)N1CCCN(C(=O)c2ccccc2N)CC1.Cl. The summed E-state index contributed by atoms with van der Waals surface area (Å²) in [5.74, 6) is 0.0111. The summed E-state index contributed by atoms with van der Waals surface area (Å²) in [6, 6.07) is 7.09. The molecule has 1 heterocycles. The van der Waals surface area contributed by atoms with Gasteiger partial charge in [0.1, 0.15) is 0 Å². The molecule has 0 unspecified atom stereocenters. The molecule has 110 valence electrons. The fourth-order valence-corrected chi connectivity index (χ4v) is 2.30. The van der Waals surface area contributed by atoms with Crippen molar-refractivity contribution in [2.75, 3.05) is 31.9 Å². The Bertz CT molecular complexity index is 493. The Labute approximate surface area is 125 Å². The highest BCUT2D eigenvalue weighted by Gasteiger charge is 2.22. The van der Waals surface area contributed by atoms with Gasteiger partial charge in [-0.3, -0.25) is 9.59 Å². The first-order valence-corrected chi connectivity index (χ1v) is 6.49. The third-order valence-corrected chi connectivity index (χ3v) is 3.42. The van der Waals surface area contributed by atoms with E-state index in [-0.39, 0.29) is 24.2 Å². The predicted molar refractivity (Wildman–Crippen MR) is 80.9 cm³/mol. The van der Waals surface area contributed by atoms with Crippen LogP contribution in [0.1, 0.15) is 23.7 Å². The number of amides is 2. The number of para-hydroxylation sites is 1. The van der Waals surface area contributed by atoms with Gasteiger partial charge >= 0.3 is 0 Å². The van der Waals surface area contributed by atoms with Crippen molar-refractivity contribution in [3.8, 4) is 0 Å². The molecular weight excluding hydrogens is 278 g/mol. The van der Waals surface area contributed by atoms with E-state index in [0.29, 0.717) is 37.4 Å². The lowest BCUT2D eigenvalue weighted by atomic mass is 10.1. The molecule has 20 heavy (non-hydrogen) atoms. The van der Waals surface area contributed by atoms with Crippen LogP contribution in [-0.4, -0.2) is 47.8 Å². The van der Waals surface area contributed by atoms with Crippen LogP contribution >= 0.6 is 12.4 Å². The average molecular weight is 298 g/mol. The highest BCUT2D eigenvalue weighted by Crippen LogP contribution is 2.15. The number of nitrogens with zero attached hydrogens (tertiary/aromatic N) is 2. The predicted octanol–water partition coefficient (Wildman–Crippen LogP) is 1.38. The highest BCUT2D eigenvalue weighted by molar-refractivity contribution is 5.99. The minimum atomic E-state index is -0.0523. The molecule has 0 aromatic heterocycles. The molecule has 1 aliphatic heterocycles. The molecule has 1 fully saturated rings. The molecule has 0 atom stereocenters. The Kier molecular flexibility index (Phi) is 5.82. The number of hydrogen-bond donors (Lipinski definition) is 1. The Morgan fingerprint density at radius 1 is 1.05 bits per heavy atom. The molecule has 0 radical (unpaired) electrons. The molecule has 2 amide bonds. The van der Waals surface area contributed by atoms with Crippen LogP contribution < -0.4 is 5.73 Å². The topological polar surface area (TPSA) is 66.6 Å². The lowest BCUT2D eigenvalue weighted by Gasteiger charge is -2.22. The fraction of sp³-hybridized carbons (Fsp3) is 0.429. The van der Waals surface area contributed by atoms with Gasteiger partial charge in [0.05, 0.1) is 5.56 Å². The molecule has 0 spiro atoms. The number of carbonyl (C=O) groups is 2. The van der Waals surface area contributed by atoms with Crippen molar-refractivity contribution >= 4 is 29.9 Å². The molecule has 0 bridgehead atoms. The Morgan fingerprint density at radius 2 is 1.65 bits per heavy atom. The fourth-order valence-electron chi connectivity index (χ4n) is 2.30. The molecule has 0 aliphatic carbocycles. The minimum absolute atomic E-state index is 0.